The molecule has 0 spiro atoms. The largest absolute Gasteiger partial charge is 0.466 e. The Morgan fingerprint density at radius 2 is 2.00 bits per heavy atom. The Hall–Kier alpha value is -2.35. The van der Waals surface area contributed by atoms with Gasteiger partial charge in [0.05, 0.1) is 18.1 Å². The number of ether oxygens (including phenoxy) is 1. The fraction of sp³-hybridized carbons (Fsp3) is 0.474. The second kappa shape index (κ2) is 8.12. The van der Waals surface area contributed by atoms with E-state index in [1.54, 1.807) is 10.8 Å². The normalized spacial score (nSPS) is 16.4. The Balaban J connectivity index is 1.57. The lowest BCUT2D eigenvalue weighted by Crippen LogP contribution is -2.36. The van der Waals surface area contributed by atoms with Gasteiger partial charge in [-0.1, -0.05) is 0 Å². The summed E-state index contributed by atoms with van der Waals surface area (Å²) in [6.45, 7) is 4.57. The topological polar surface area (TPSA) is 47.4 Å². The van der Waals surface area contributed by atoms with Crippen LogP contribution in [0.1, 0.15) is 30.9 Å². The number of rotatable bonds is 5. The first-order valence-electron chi connectivity index (χ1n) is 8.96. The number of pyridine rings is 1. The molecule has 0 radical (unpaired) electrons. The molecule has 2 aromatic heterocycles. The Morgan fingerprint density at radius 1 is 1.26 bits per heavy atom. The van der Waals surface area contributed by atoms with E-state index in [-0.39, 0.29) is 11.9 Å². The van der Waals surface area contributed by atoms with Crippen LogP contribution in [-0.4, -0.2) is 40.1 Å². The van der Waals surface area contributed by atoms with E-state index in [9.17, 15) is 18.0 Å². The van der Waals surface area contributed by atoms with E-state index < -0.39 is 11.7 Å². The number of hydrogen-bond donors (Lipinski definition) is 0. The minimum absolute atomic E-state index is 0.0258. The van der Waals surface area contributed by atoms with Crippen LogP contribution in [0.3, 0.4) is 0 Å². The molecule has 146 valence electrons. The smallest absolute Gasteiger partial charge is 0.417 e. The third-order valence-electron chi connectivity index (χ3n) is 4.71. The molecule has 0 saturated carbocycles. The van der Waals surface area contributed by atoms with Crippen molar-refractivity contribution in [2.75, 3.05) is 19.7 Å². The summed E-state index contributed by atoms with van der Waals surface area (Å²) in [5.74, 6) is 0.300. The van der Waals surface area contributed by atoms with Gasteiger partial charge in [-0.05, 0) is 56.6 Å². The molecule has 3 heterocycles. The number of piperidine rings is 1. The average Bonchev–Trinajstić information content (AvgIpc) is 3.10. The van der Waals surface area contributed by atoms with Crippen molar-refractivity contribution in [3.05, 3.63) is 47.9 Å². The van der Waals surface area contributed by atoms with E-state index in [1.807, 2.05) is 19.2 Å². The average molecular weight is 381 g/mol. The lowest BCUT2D eigenvalue weighted by molar-refractivity contribution is -0.149. The van der Waals surface area contributed by atoms with Crippen LogP contribution in [0.25, 0.3) is 5.82 Å². The molecular formula is C19H22F3N3O2. The van der Waals surface area contributed by atoms with Crippen LogP contribution >= 0.6 is 0 Å². The van der Waals surface area contributed by atoms with Crippen LogP contribution in [-0.2, 0) is 22.3 Å². The van der Waals surface area contributed by atoms with Gasteiger partial charge >= 0.3 is 12.1 Å². The minimum atomic E-state index is -4.39. The van der Waals surface area contributed by atoms with Crippen molar-refractivity contribution in [1.82, 2.24) is 14.5 Å². The molecule has 2 aromatic rings. The van der Waals surface area contributed by atoms with Gasteiger partial charge in [0.1, 0.15) is 5.82 Å². The van der Waals surface area contributed by atoms with E-state index in [1.165, 1.54) is 6.07 Å². The van der Waals surface area contributed by atoms with Crippen molar-refractivity contribution >= 4 is 5.97 Å². The molecule has 0 aliphatic carbocycles. The number of hydrogen-bond acceptors (Lipinski definition) is 4. The molecule has 5 nitrogen and oxygen atoms in total. The predicted octanol–water partition coefficient (Wildman–Crippen LogP) is 3.67. The van der Waals surface area contributed by atoms with E-state index in [4.69, 9.17) is 4.74 Å². The van der Waals surface area contributed by atoms with Gasteiger partial charge in [-0.2, -0.15) is 13.2 Å². The standard InChI is InChI=1S/C19H22F3N3O2/c1-2-27-18(26)15-6-8-24(9-7-15)12-14-5-10-25(13-14)17-4-3-16(11-23-17)19(20,21)22/h3-5,10-11,13,15H,2,6-9,12H2,1H3. The SMILES string of the molecule is CCOC(=O)C1CCN(Cc2ccn(-c3ccc(C(F)(F)F)cn3)c2)CC1. The molecule has 0 bridgehead atoms. The highest BCUT2D eigenvalue weighted by Crippen LogP contribution is 2.28. The molecule has 0 amide bonds. The Morgan fingerprint density at radius 3 is 2.59 bits per heavy atom. The fourth-order valence-electron chi connectivity index (χ4n) is 3.23. The first-order valence-corrected chi connectivity index (χ1v) is 8.96. The summed E-state index contributed by atoms with van der Waals surface area (Å²) in [6.07, 6.45) is 1.67. The zero-order valence-corrected chi connectivity index (χ0v) is 15.1. The lowest BCUT2D eigenvalue weighted by Gasteiger charge is -2.30. The number of esters is 1. The van der Waals surface area contributed by atoms with Crippen molar-refractivity contribution in [3.63, 3.8) is 0 Å². The second-order valence-electron chi connectivity index (χ2n) is 6.63. The van der Waals surface area contributed by atoms with Crippen molar-refractivity contribution in [2.45, 2.75) is 32.5 Å². The number of carbonyl (C=O) groups is 1. The van der Waals surface area contributed by atoms with Crippen LogP contribution in [0, 0.1) is 5.92 Å². The Kier molecular flexibility index (Phi) is 5.84. The molecule has 0 N–H and O–H groups in total. The number of aromatic nitrogens is 2. The van der Waals surface area contributed by atoms with Gasteiger partial charge in [0.25, 0.3) is 0 Å². The maximum absolute atomic E-state index is 12.6. The number of nitrogens with zero attached hydrogens (tertiary/aromatic N) is 3. The summed E-state index contributed by atoms with van der Waals surface area (Å²) < 4.78 is 44.7. The summed E-state index contributed by atoms with van der Waals surface area (Å²) in [5.41, 5.74) is 0.286. The highest BCUT2D eigenvalue weighted by molar-refractivity contribution is 5.72. The quantitative estimate of drug-likeness (QED) is 0.742. The number of halogens is 3. The van der Waals surface area contributed by atoms with Crippen molar-refractivity contribution in [2.24, 2.45) is 5.92 Å². The third kappa shape index (κ3) is 4.88. The van der Waals surface area contributed by atoms with Gasteiger partial charge in [-0.3, -0.25) is 9.69 Å². The van der Waals surface area contributed by atoms with Gasteiger partial charge in [0.15, 0.2) is 0 Å². The first kappa shape index (κ1) is 19.4. The summed E-state index contributed by atoms with van der Waals surface area (Å²) in [4.78, 5) is 17.9. The number of alkyl halides is 3. The summed E-state index contributed by atoms with van der Waals surface area (Å²) in [7, 11) is 0. The van der Waals surface area contributed by atoms with Crippen LogP contribution in [0.4, 0.5) is 13.2 Å². The molecule has 27 heavy (non-hydrogen) atoms. The maximum atomic E-state index is 12.6. The van der Waals surface area contributed by atoms with Gasteiger partial charge in [-0.15, -0.1) is 0 Å². The molecule has 0 aromatic carbocycles. The van der Waals surface area contributed by atoms with Crippen molar-refractivity contribution in [1.29, 1.82) is 0 Å². The summed E-state index contributed by atoms with van der Waals surface area (Å²) in [5, 5.41) is 0. The first-order chi connectivity index (χ1) is 12.9. The van der Waals surface area contributed by atoms with Crippen molar-refractivity contribution in [3.8, 4) is 5.82 Å². The van der Waals surface area contributed by atoms with Gasteiger partial charge in [0, 0.05) is 25.1 Å². The van der Waals surface area contributed by atoms with Gasteiger partial charge < -0.3 is 9.30 Å². The minimum Gasteiger partial charge on any atom is -0.466 e. The number of likely N-dealkylation sites (tertiary alicyclic amines) is 1. The molecule has 1 aliphatic rings. The Bertz CT molecular complexity index is 763. The zero-order chi connectivity index (χ0) is 19.4. The van der Waals surface area contributed by atoms with Gasteiger partial charge in [-0.25, -0.2) is 4.98 Å². The van der Waals surface area contributed by atoms with Crippen LogP contribution in [0.15, 0.2) is 36.8 Å². The van der Waals surface area contributed by atoms with Crippen LogP contribution in [0.2, 0.25) is 0 Å². The molecular weight excluding hydrogens is 359 g/mol. The van der Waals surface area contributed by atoms with E-state index >= 15 is 0 Å². The zero-order valence-electron chi connectivity index (χ0n) is 15.1. The predicted molar refractivity (Wildman–Crippen MR) is 93.2 cm³/mol. The van der Waals surface area contributed by atoms with Crippen LogP contribution < -0.4 is 0 Å². The monoisotopic (exact) mass is 381 g/mol. The molecule has 0 atom stereocenters. The highest BCUT2D eigenvalue weighted by Gasteiger charge is 2.30. The molecule has 0 unspecified atom stereocenters. The third-order valence-corrected chi connectivity index (χ3v) is 4.71. The highest BCUT2D eigenvalue weighted by atomic mass is 19.4. The molecule has 3 rings (SSSR count). The van der Waals surface area contributed by atoms with Crippen molar-refractivity contribution < 1.29 is 22.7 Å². The lowest BCUT2D eigenvalue weighted by atomic mass is 9.97. The molecule has 1 aliphatic heterocycles. The van der Waals surface area contributed by atoms with E-state index in [0.29, 0.717) is 12.4 Å². The Labute approximate surface area is 155 Å². The van der Waals surface area contributed by atoms with E-state index in [0.717, 1.165) is 50.3 Å². The summed E-state index contributed by atoms with van der Waals surface area (Å²) >= 11 is 0. The molecule has 1 fully saturated rings. The number of carbonyl (C=O) groups excluding carboxylic acids is 1. The maximum Gasteiger partial charge on any atom is 0.417 e. The van der Waals surface area contributed by atoms with E-state index in [2.05, 4.69) is 9.88 Å². The molecule has 1 saturated heterocycles. The fourth-order valence-corrected chi connectivity index (χ4v) is 3.23. The van der Waals surface area contributed by atoms with Gasteiger partial charge in [0.2, 0.25) is 0 Å². The molecule has 8 heteroatoms. The van der Waals surface area contributed by atoms with Crippen LogP contribution in [0.5, 0.6) is 0 Å². The summed E-state index contributed by atoms with van der Waals surface area (Å²) in [6, 6.07) is 4.32. The second-order valence-corrected chi connectivity index (χ2v) is 6.63.